The summed E-state index contributed by atoms with van der Waals surface area (Å²) in [4.78, 5) is 35.8. The largest absolute Gasteiger partial charge is 0.493 e. The lowest BCUT2D eigenvalue weighted by molar-refractivity contribution is -0.150. The van der Waals surface area contributed by atoms with Gasteiger partial charge >= 0.3 is 5.97 Å². The molecule has 0 aromatic heterocycles. The fourth-order valence-electron chi connectivity index (χ4n) is 2.52. The fourth-order valence-corrected chi connectivity index (χ4v) is 2.52. The molecule has 8 heteroatoms. The molecule has 0 radical (unpaired) electrons. The zero-order valence-electron chi connectivity index (χ0n) is 15.2. The zero-order chi connectivity index (χ0) is 19.1. The number of hydrogen-bond donors (Lipinski definition) is 1. The van der Waals surface area contributed by atoms with Crippen molar-refractivity contribution in [2.24, 2.45) is 5.92 Å². The molecule has 0 spiro atoms. The summed E-state index contributed by atoms with van der Waals surface area (Å²) in [5.74, 6) is -1.79. The van der Waals surface area contributed by atoms with Crippen molar-refractivity contribution >= 4 is 17.7 Å². The highest BCUT2D eigenvalue weighted by Crippen LogP contribution is 2.41. The summed E-state index contributed by atoms with van der Waals surface area (Å²) in [6.07, 6.45) is 0. The number of ether oxygens (including phenoxy) is 4. The number of benzene rings is 1. The van der Waals surface area contributed by atoms with Crippen LogP contribution in [0.15, 0.2) is 12.1 Å². The number of carbonyl (C=O) groups excluding carboxylic acids is 3. The van der Waals surface area contributed by atoms with Crippen molar-refractivity contribution in [3.63, 3.8) is 0 Å². The van der Waals surface area contributed by atoms with Gasteiger partial charge in [0.1, 0.15) is 11.7 Å². The van der Waals surface area contributed by atoms with E-state index in [9.17, 15) is 14.4 Å². The van der Waals surface area contributed by atoms with E-state index in [1.165, 1.54) is 42.3 Å². The van der Waals surface area contributed by atoms with Gasteiger partial charge in [-0.25, -0.2) is 0 Å². The summed E-state index contributed by atoms with van der Waals surface area (Å²) in [5.41, 5.74) is 0.440. The van der Waals surface area contributed by atoms with Crippen molar-refractivity contribution in [1.82, 2.24) is 5.32 Å². The normalized spacial score (nSPS) is 12.6. The van der Waals surface area contributed by atoms with Crippen LogP contribution in [0.5, 0.6) is 17.2 Å². The van der Waals surface area contributed by atoms with Crippen molar-refractivity contribution in [2.75, 3.05) is 28.4 Å². The van der Waals surface area contributed by atoms with Gasteiger partial charge in [-0.3, -0.25) is 14.4 Å². The van der Waals surface area contributed by atoms with Crippen LogP contribution in [-0.2, 0) is 19.1 Å². The van der Waals surface area contributed by atoms with E-state index in [-0.39, 0.29) is 0 Å². The maximum atomic E-state index is 12.1. The summed E-state index contributed by atoms with van der Waals surface area (Å²) in [6, 6.07) is 2.19. The molecule has 1 rings (SSSR count). The van der Waals surface area contributed by atoms with Crippen molar-refractivity contribution in [1.29, 1.82) is 0 Å². The average Bonchev–Trinajstić information content (AvgIpc) is 2.58. The molecule has 1 aromatic carbocycles. The average molecular weight is 353 g/mol. The van der Waals surface area contributed by atoms with Gasteiger partial charge in [0, 0.05) is 6.92 Å². The van der Waals surface area contributed by atoms with Gasteiger partial charge in [-0.1, -0.05) is 0 Å². The minimum atomic E-state index is -1.21. The van der Waals surface area contributed by atoms with Gasteiger partial charge in [-0.05, 0) is 24.6 Å². The number of ketones is 1. The van der Waals surface area contributed by atoms with Crippen molar-refractivity contribution in [3.05, 3.63) is 17.7 Å². The molecule has 8 nitrogen and oxygen atoms in total. The topological polar surface area (TPSA) is 100 Å². The lowest BCUT2D eigenvalue weighted by Gasteiger charge is -2.25. The highest BCUT2D eigenvalue weighted by Gasteiger charge is 2.36. The zero-order valence-corrected chi connectivity index (χ0v) is 15.2. The highest BCUT2D eigenvalue weighted by molar-refractivity contribution is 5.99. The minimum Gasteiger partial charge on any atom is -0.493 e. The second-order valence-corrected chi connectivity index (χ2v) is 5.25. The molecule has 1 aromatic rings. The lowest BCUT2D eigenvalue weighted by atomic mass is 9.89. The molecule has 1 N–H and O–H groups in total. The number of esters is 1. The Bertz CT molecular complexity index is 631. The molecular weight excluding hydrogens is 330 g/mol. The molecule has 0 heterocycles. The van der Waals surface area contributed by atoms with E-state index in [1.54, 1.807) is 12.1 Å². The van der Waals surface area contributed by atoms with Crippen LogP contribution in [0.1, 0.15) is 25.5 Å². The molecule has 0 aliphatic carbocycles. The van der Waals surface area contributed by atoms with Crippen LogP contribution in [-0.4, -0.2) is 46.1 Å². The quantitative estimate of drug-likeness (QED) is 0.555. The summed E-state index contributed by atoms with van der Waals surface area (Å²) in [6.45, 7) is 2.55. The van der Waals surface area contributed by atoms with Crippen molar-refractivity contribution < 1.29 is 33.3 Å². The van der Waals surface area contributed by atoms with E-state index < -0.39 is 29.6 Å². The van der Waals surface area contributed by atoms with Crippen LogP contribution in [0, 0.1) is 5.92 Å². The first-order valence-electron chi connectivity index (χ1n) is 7.45. The van der Waals surface area contributed by atoms with Crippen LogP contribution in [0.25, 0.3) is 0 Å². The van der Waals surface area contributed by atoms with E-state index in [2.05, 4.69) is 5.32 Å². The number of methoxy groups -OCH3 is 4. The smallest absolute Gasteiger partial charge is 0.318 e. The first-order valence-corrected chi connectivity index (χ1v) is 7.45. The van der Waals surface area contributed by atoms with Crippen LogP contribution >= 0.6 is 0 Å². The predicted molar refractivity (Wildman–Crippen MR) is 88.8 cm³/mol. The molecule has 1 amide bonds. The van der Waals surface area contributed by atoms with E-state index in [4.69, 9.17) is 18.9 Å². The van der Waals surface area contributed by atoms with Gasteiger partial charge in [0.25, 0.3) is 0 Å². The second kappa shape index (κ2) is 8.91. The van der Waals surface area contributed by atoms with E-state index in [0.29, 0.717) is 22.8 Å². The first-order chi connectivity index (χ1) is 11.8. The van der Waals surface area contributed by atoms with Crippen LogP contribution < -0.4 is 19.5 Å². The Hall–Kier alpha value is -2.77. The first kappa shape index (κ1) is 20.3. The van der Waals surface area contributed by atoms with E-state index in [0.717, 1.165) is 0 Å². The van der Waals surface area contributed by atoms with Crippen LogP contribution in [0.4, 0.5) is 0 Å². The van der Waals surface area contributed by atoms with E-state index in [1.807, 2.05) is 0 Å². The standard InChI is InChI=1S/C17H23NO7/c1-9(19)14(17(21)25-6)15(18-10(2)20)11-7-12(22-3)16(24-5)13(8-11)23-4/h7-8,14-15H,1-6H3,(H,18,20)/t14-,15+/m0/s1. The van der Waals surface area contributed by atoms with Crippen LogP contribution in [0.3, 0.4) is 0 Å². The summed E-state index contributed by atoms with van der Waals surface area (Å²) in [7, 11) is 5.52. The third-order valence-electron chi connectivity index (χ3n) is 3.63. The monoisotopic (exact) mass is 353 g/mol. The van der Waals surface area contributed by atoms with Crippen LogP contribution in [0.2, 0.25) is 0 Å². The molecule has 25 heavy (non-hydrogen) atoms. The molecule has 0 aliphatic rings. The summed E-state index contributed by atoms with van der Waals surface area (Å²) >= 11 is 0. The van der Waals surface area contributed by atoms with Crippen molar-refractivity contribution in [2.45, 2.75) is 19.9 Å². The van der Waals surface area contributed by atoms with Crippen molar-refractivity contribution in [3.8, 4) is 17.2 Å². The lowest BCUT2D eigenvalue weighted by Crippen LogP contribution is -2.39. The molecule has 0 fully saturated rings. The molecule has 0 unspecified atom stereocenters. The third-order valence-corrected chi connectivity index (χ3v) is 3.63. The Kier molecular flexibility index (Phi) is 7.22. The summed E-state index contributed by atoms with van der Waals surface area (Å²) in [5, 5.41) is 2.62. The predicted octanol–water partition coefficient (Wildman–Crippen LogP) is 1.27. The van der Waals surface area contributed by atoms with E-state index >= 15 is 0 Å². The third kappa shape index (κ3) is 4.62. The van der Waals surface area contributed by atoms with Gasteiger partial charge in [0.2, 0.25) is 11.7 Å². The Morgan fingerprint density at radius 3 is 1.76 bits per heavy atom. The number of hydrogen-bond acceptors (Lipinski definition) is 7. The highest BCUT2D eigenvalue weighted by atomic mass is 16.5. The van der Waals surface area contributed by atoms with Gasteiger partial charge in [0.05, 0.1) is 34.5 Å². The molecule has 2 atom stereocenters. The number of Topliss-reactive ketones (excluding diaryl/α,β-unsaturated/α-hetero) is 1. The maximum Gasteiger partial charge on any atom is 0.318 e. The van der Waals surface area contributed by atoms with Gasteiger partial charge in [0.15, 0.2) is 11.5 Å². The van der Waals surface area contributed by atoms with Gasteiger partial charge in [-0.2, -0.15) is 0 Å². The Morgan fingerprint density at radius 2 is 1.44 bits per heavy atom. The number of nitrogens with one attached hydrogen (secondary N) is 1. The second-order valence-electron chi connectivity index (χ2n) is 5.25. The molecular formula is C17H23NO7. The number of rotatable bonds is 8. The Balaban J connectivity index is 3.57. The van der Waals surface area contributed by atoms with Gasteiger partial charge in [-0.15, -0.1) is 0 Å². The summed E-state index contributed by atoms with van der Waals surface area (Å²) < 4.78 is 20.5. The molecule has 0 bridgehead atoms. The fraction of sp³-hybridized carbons (Fsp3) is 0.471. The molecule has 0 saturated carbocycles. The molecule has 138 valence electrons. The Morgan fingerprint density at radius 1 is 0.920 bits per heavy atom. The maximum absolute atomic E-state index is 12.1. The minimum absolute atomic E-state index is 0.333. The molecule has 0 saturated heterocycles. The number of carbonyl (C=O) groups is 3. The number of amides is 1. The molecule has 0 aliphatic heterocycles. The Labute approximate surface area is 146 Å². The van der Waals surface area contributed by atoms with Gasteiger partial charge < -0.3 is 24.3 Å². The SMILES string of the molecule is COC(=O)[C@@H](C(C)=O)[C@H](NC(C)=O)c1cc(OC)c(OC)c(OC)c1.